The van der Waals surface area contributed by atoms with Crippen LogP contribution in [0.1, 0.15) is 5.56 Å². The van der Waals surface area contributed by atoms with Gasteiger partial charge in [-0.05, 0) is 52.4 Å². The van der Waals surface area contributed by atoms with Crippen molar-refractivity contribution in [1.29, 1.82) is 0 Å². The molecule has 0 aliphatic carbocycles. The fourth-order valence-electron chi connectivity index (χ4n) is 1.60. The summed E-state index contributed by atoms with van der Waals surface area (Å²) in [5, 5.41) is 0. The van der Waals surface area contributed by atoms with Gasteiger partial charge in [-0.15, -0.1) is 0 Å². The standard InChI is InChI=1S/C13H7F4I/c14-10-2-1-3-11(18)12(10)8-4-6-9(7-5-8)13(15,16)17/h1-7H. The predicted molar refractivity (Wildman–Crippen MR) is 69.6 cm³/mol. The van der Waals surface area contributed by atoms with E-state index in [0.29, 0.717) is 14.7 Å². The largest absolute Gasteiger partial charge is 0.416 e. The Balaban J connectivity index is 2.47. The maximum absolute atomic E-state index is 13.6. The second-order valence-corrected chi connectivity index (χ2v) is 4.83. The molecule has 0 aromatic heterocycles. The quantitative estimate of drug-likeness (QED) is 0.486. The summed E-state index contributed by atoms with van der Waals surface area (Å²) < 4.78 is 51.5. The normalized spacial score (nSPS) is 11.6. The van der Waals surface area contributed by atoms with Crippen molar-refractivity contribution < 1.29 is 17.6 Å². The molecule has 94 valence electrons. The first-order valence-corrected chi connectivity index (χ1v) is 6.09. The van der Waals surface area contributed by atoms with Crippen molar-refractivity contribution in [3.05, 3.63) is 57.4 Å². The molecule has 0 nitrogen and oxygen atoms in total. The molecule has 5 heteroatoms. The molecule has 2 rings (SSSR count). The summed E-state index contributed by atoms with van der Waals surface area (Å²) in [6.45, 7) is 0. The van der Waals surface area contributed by atoms with Crippen molar-refractivity contribution >= 4 is 22.6 Å². The highest BCUT2D eigenvalue weighted by Gasteiger charge is 2.30. The van der Waals surface area contributed by atoms with E-state index < -0.39 is 17.6 Å². The molecule has 0 radical (unpaired) electrons. The van der Waals surface area contributed by atoms with Crippen LogP contribution in [0.2, 0.25) is 0 Å². The predicted octanol–water partition coefficient (Wildman–Crippen LogP) is 5.12. The maximum Gasteiger partial charge on any atom is 0.416 e. The number of hydrogen-bond donors (Lipinski definition) is 0. The van der Waals surface area contributed by atoms with Gasteiger partial charge in [0.2, 0.25) is 0 Å². The average Bonchev–Trinajstić information content (AvgIpc) is 2.28. The topological polar surface area (TPSA) is 0 Å². The van der Waals surface area contributed by atoms with Crippen LogP contribution in [0.15, 0.2) is 42.5 Å². The molecular formula is C13H7F4I. The Morgan fingerprint density at radius 2 is 1.50 bits per heavy atom. The summed E-state index contributed by atoms with van der Waals surface area (Å²) >= 11 is 1.95. The van der Waals surface area contributed by atoms with Gasteiger partial charge in [0.25, 0.3) is 0 Å². The molecule has 2 aromatic carbocycles. The van der Waals surface area contributed by atoms with Gasteiger partial charge in [0, 0.05) is 9.13 Å². The maximum atomic E-state index is 13.6. The number of alkyl halides is 3. The van der Waals surface area contributed by atoms with Gasteiger partial charge in [-0.3, -0.25) is 0 Å². The van der Waals surface area contributed by atoms with Crippen molar-refractivity contribution in [1.82, 2.24) is 0 Å². The number of benzene rings is 2. The van der Waals surface area contributed by atoms with Crippen molar-refractivity contribution in [3.8, 4) is 11.1 Å². The average molecular weight is 366 g/mol. The Morgan fingerprint density at radius 1 is 0.889 bits per heavy atom. The van der Waals surface area contributed by atoms with E-state index in [-0.39, 0.29) is 0 Å². The first-order chi connectivity index (χ1) is 8.39. The summed E-state index contributed by atoms with van der Waals surface area (Å²) in [4.78, 5) is 0. The number of rotatable bonds is 1. The molecule has 0 fully saturated rings. The minimum absolute atomic E-state index is 0.326. The van der Waals surface area contributed by atoms with Crippen LogP contribution in [-0.4, -0.2) is 0 Å². The molecule has 0 heterocycles. The molecule has 0 saturated carbocycles. The Bertz CT molecular complexity index is 538. The van der Waals surface area contributed by atoms with Gasteiger partial charge in [0.05, 0.1) is 5.56 Å². The first kappa shape index (κ1) is 13.3. The van der Waals surface area contributed by atoms with Crippen LogP contribution in [0.5, 0.6) is 0 Å². The van der Waals surface area contributed by atoms with Gasteiger partial charge < -0.3 is 0 Å². The van der Waals surface area contributed by atoms with Crippen LogP contribution in [0.3, 0.4) is 0 Å². The molecule has 0 N–H and O–H groups in total. The fraction of sp³-hybridized carbons (Fsp3) is 0.0769. The molecule has 0 unspecified atom stereocenters. The van der Waals surface area contributed by atoms with E-state index in [1.54, 1.807) is 12.1 Å². The summed E-state index contributed by atoms with van der Waals surface area (Å²) in [6.07, 6.45) is -4.37. The van der Waals surface area contributed by atoms with Crippen LogP contribution in [0.4, 0.5) is 17.6 Å². The van der Waals surface area contributed by atoms with Gasteiger partial charge in [-0.1, -0.05) is 18.2 Å². The molecule has 0 atom stereocenters. The van der Waals surface area contributed by atoms with E-state index in [9.17, 15) is 17.6 Å². The number of halogens is 5. The van der Waals surface area contributed by atoms with Gasteiger partial charge in [-0.25, -0.2) is 4.39 Å². The van der Waals surface area contributed by atoms with Crippen molar-refractivity contribution in [3.63, 3.8) is 0 Å². The molecule has 2 aromatic rings. The van der Waals surface area contributed by atoms with E-state index in [1.165, 1.54) is 18.2 Å². The molecule has 0 amide bonds. The lowest BCUT2D eigenvalue weighted by Crippen LogP contribution is -2.04. The minimum atomic E-state index is -4.37. The lowest BCUT2D eigenvalue weighted by Gasteiger charge is -2.09. The zero-order valence-corrected chi connectivity index (χ0v) is 11.1. The van der Waals surface area contributed by atoms with Crippen molar-refractivity contribution in [2.45, 2.75) is 6.18 Å². The second-order valence-electron chi connectivity index (χ2n) is 3.67. The zero-order valence-electron chi connectivity index (χ0n) is 8.93. The van der Waals surface area contributed by atoms with Gasteiger partial charge >= 0.3 is 6.18 Å². The highest BCUT2D eigenvalue weighted by Crippen LogP contribution is 2.33. The molecule has 0 saturated heterocycles. The van der Waals surface area contributed by atoms with Crippen LogP contribution >= 0.6 is 22.6 Å². The van der Waals surface area contributed by atoms with Gasteiger partial charge in [-0.2, -0.15) is 13.2 Å². The van der Waals surface area contributed by atoms with E-state index >= 15 is 0 Å². The Kier molecular flexibility index (Phi) is 3.61. The molecule has 0 spiro atoms. The molecule has 0 aliphatic rings. The Hall–Kier alpha value is -1.11. The summed E-state index contributed by atoms with van der Waals surface area (Å²) in [6, 6.07) is 9.03. The molecular weight excluding hydrogens is 359 g/mol. The van der Waals surface area contributed by atoms with E-state index in [0.717, 1.165) is 12.1 Å². The minimum Gasteiger partial charge on any atom is -0.206 e. The highest BCUT2D eigenvalue weighted by molar-refractivity contribution is 14.1. The van der Waals surface area contributed by atoms with E-state index in [4.69, 9.17) is 0 Å². The van der Waals surface area contributed by atoms with Crippen LogP contribution in [-0.2, 0) is 6.18 Å². The summed E-state index contributed by atoms with van der Waals surface area (Å²) in [5.41, 5.74) is 0.0231. The third-order valence-corrected chi connectivity index (χ3v) is 3.36. The van der Waals surface area contributed by atoms with E-state index in [1.807, 2.05) is 22.6 Å². The Labute approximate surface area is 115 Å². The molecule has 18 heavy (non-hydrogen) atoms. The van der Waals surface area contributed by atoms with E-state index in [2.05, 4.69) is 0 Å². The third-order valence-electron chi connectivity index (χ3n) is 2.46. The first-order valence-electron chi connectivity index (χ1n) is 5.01. The zero-order chi connectivity index (χ0) is 13.3. The third kappa shape index (κ3) is 2.66. The molecule has 0 bridgehead atoms. The van der Waals surface area contributed by atoms with Crippen molar-refractivity contribution in [2.75, 3.05) is 0 Å². The van der Waals surface area contributed by atoms with Crippen LogP contribution < -0.4 is 0 Å². The second kappa shape index (κ2) is 4.87. The number of hydrogen-bond acceptors (Lipinski definition) is 0. The SMILES string of the molecule is Fc1cccc(I)c1-c1ccc(C(F)(F)F)cc1. The lowest BCUT2D eigenvalue weighted by atomic mass is 10.0. The fourth-order valence-corrected chi connectivity index (χ4v) is 2.38. The van der Waals surface area contributed by atoms with Crippen LogP contribution in [0, 0.1) is 9.39 Å². The smallest absolute Gasteiger partial charge is 0.206 e. The highest BCUT2D eigenvalue weighted by atomic mass is 127. The lowest BCUT2D eigenvalue weighted by molar-refractivity contribution is -0.137. The van der Waals surface area contributed by atoms with Crippen LogP contribution in [0.25, 0.3) is 11.1 Å². The van der Waals surface area contributed by atoms with Gasteiger partial charge in [0.1, 0.15) is 5.82 Å². The summed E-state index contributed by atoms with van der Waals surface area (Å²) in [5.74, 6) is -0.443. The monoisotopic (exact) mass is 366 g/mol. The summed E-state index contributed by atoms with van der Waals surface area (Å²) in [7, 11) is 0. The Morgan fingerprint density at radius 3 is 2.00 bits per heavy atom. The molecule has 0 aliphatic heterocycles. The van der Waals surface area contributed by atoms with Gasteiger partial charge in [0.15, 0.2) is 0 Å². The van der Waals surface area contributed by atoms with Crippen molar-refractivity contribution in [2.24, 2.45) is 0 Å².